The van der Waals surface area contributed by atoms with Crippen molar-refractivity contribution in [2.75, 3.05) is 12.4 Å². The van der Waals surface area contributed by atoms with Crippen molar-refractivity contribution in [1.29, 1.82) is 0 Å². The maximum atomic E-state index is 13.4. The predicted octanol–water partition coefficient (Wildman–Crippen LogP) is 5.52. The Labute approximate surface area is 195 Å². The van der Waals surface area contributed by atoms with Crippen LogP contribution in [-0.4, -0.2) is 23.0 Å². The van der Waals surface area contributed by atoms with Crippen LogP contribution < -0.4 is 15.7 Å². The lowest BCUT2D eigenvalue weighted by Crippen LogP contribution is -2.22. The Bertz CT molecular complexity index is 1350. The van der Waals surface area contributed by atoms with E-state index in [1.165, 1.54) is 0 Å². The summed E-state index contributed by atoms with van der Waals surface area (Å²) in [6.45, 7) is 0. The fourth-order valence-electron chi connectivity index (χ4n) is 3.27. The highest BCUT2D eigenvalue weighted by atomic mass is 35.5. The van der Waals surface area contributed by atoms with E-state index >= 15 is 0 Å². The number of carbonyl (C=O) groups is 1. The number of amides is 1. The number of nitrogens with zero attached hydrogens (tertiary/aromatic N) is 1. The van der Waals surface area contributed by atoms with Gasteiger partial charge < -0.3 is 15.0 Å². The predicted molar refractivity (Wildman–Crippen MR) is 132 cm³/mol. The molecule has 7 heteroatoms. The van der Waals surface area contributed by atoms with E-state index in [0.717, 1.165) is 11.3 Å². The molecular weight excluding hydrogens is 438 g/mol. The number of methoxy groups -OCH3 is 1. The molecule has 3 aromatic carbocycles. The second-order valence-corrected chi connectivity index (χ2v) is 7.55. The number of anilines is 1. The van der Waals surface area contributed by atoms with Crippen molar-refractivity contribution in [2.24, 2.45) is 0 Å². The molecule has 0 atom stereocenters. The third kappa shape index (κ3) is 5.37. The third-order valence-corrected chi connectivity index (χ3v) is 5.15. The van der Waals surface area contributed by atoms with Crippen LogP contribution in [0.3, 0.4) is 0 Å². The molecule has 4 rings (SSSR count). The topological polar surface area (TPSA) is 84.1 Å². The quantitative estimate of drug-likeness (QED) is 0.399. The smallest absolute Gasteiger partial charge is 0.345 e. The van der Waals surface area contributed by atoms with Crippen LogP contribution in [0.2, 0.25) is 5.02 Å². The molecule has 0 aliphatic heterocycles. The van der Waals surface area contributed by atoms with Gasteiger partial charge in [-0.15, -0.1) is 0 Å². The second kappa shape index (κ2) is 9.97. The molecule has 0 aliphatic carbocycles. The van der Waals surface area contributed by atoms with Gasteiger partial charge in [0, 0.05) is 16.3 Å². The Hall–Kier alpha value is -4.16. The monoisotopic (exact) mass is 457 g/mol. The zero-order valence-electron chi connectivity index (χ0n) is 17.7. The molecule has 0 aliphatic rings. The largest absolute Gasteiger partial charge is 0.497 e. The minimum absolute atomic E-state index is 0.250. The number of nitrogens with one attached hydrogen (secondary N) is 2. The second-order valence-electron chi connectivity index (χ2n) is 7.11. The molecule has 0 fully saturated rings. The fourth-order valence-corrected chi connectivity index (χ4v) is 3.40. The molecule has 0 saturated heterocycles. The van der Waals surface area contributed by atoms with Crippen LogP contribution >= 0.6 is 11.6 Å². The first kappa shape index (κ1) is 22.0. The lowest BCUT2D eigenvalue weighted by Gasteiger charge is -2.12. The van der Waals surface area contributed by atoms with Crippen LogP contribution in [0, 0.1) is 0 Å². The molecule has 0 unspecified atom stereocenters. The zero-order chi connectivity index (χ0) is 23.2. The number of rotatable bonds is 6. The first-order chi connectivity index (χ1) is 16.0. The molecule has 1 amide bonds. The van der Waals surface area contributed by atoms with E-state index in [-0.39, 0.29) is 5.56 Å². The Morgan fingerprint density at radius 3 is 2.33 bits per heavy atom. The van der Waals surface area contributed by atoms with Gasteiger partial charge in [-0.2, -0.15) is 4.98 Å². The number of carbonyl (C=O) groups excluding carboxylic acids is 1. The lowest BCUT2D eigenvalue weighted by atomic mass is 10.0. The van der Waals surface area contributed by atoms with Gasteiger partial charge in [-0.1, -0.05) is 60.1 Å². The first-order valence-electron chi connectivity index (χ1n) is 10.1. The van der Waals surface area contributed by atoms with Crippen LogP contribution in [0.15, 0.2) is 83.7 Å². The molecule has 1 aromatic heterocycles. The van der Waals surface area contributed by atoms with Crippen molar-refractivity contribution < 1.29 is 9.53 Å². The van der Waals surface area contributed by atoms with Crippen LogP contribution in [0.4, 0.5) is 5.69 Å². The summed E-state index contributed by atoms with van der Waals surface area (Å²) in [5, 5.41) is 3.42. The van der Waals surface area contributed by atoms with Gasteiger partial charge in [0.1, 0.15) is 5.75 Å². The maximum Gasteiger partial charge on any atom is 0.345 e. The van der Waals surface area contributed by atoms with Gasteiger partial charge >= 0.3 is 5.69 Å². The number of benzene rings is 3. The van der Waals surface area contributed by atoms with Gasteiger partial charge in [0.05, 0.1) is 24.1 Å². The minimum Gasteiger partial charge on any atom is -0.497 e. The van der Waals surface area contributed by atoms with Crippen molar-refractivity contribution in [3.63, 3.8) is 0 Å². The third-order valence-electron chi connectivity index (χ3n) is 4.90. The van der Waals surface area contributed by atoms with E-state index in [1.54, 1.807) is 55.7 Å². The summed E-state index contributed by atoms with van der Waals surface area (Å²) in [6, 6.07) is 23.3. The van der Waals surface area contributed by atoms with E-state index in [4.69, 9.17) is 16.3 Å². The SMILES string of the molecule is COc1ccc(/C=C/c2[nH]c(=O)nc(-c3ccccc3)c2C(=O)Nc2ccc(Cl)cc2)cc1. The van der Waals surface area contributed by atoms with E-state index < -0.39 is 11.6 Å². The molecule has 0 spiro atoms. The van der Waals surface area contributed by atoms with E-state index in [0.29, 0.717) is 27.7 Å². The number of H-pyrrole nitrogens is 1. The van der Waals surface area contributed by atoms with Gasteiger partial charge in [-0.25, -0.2) is 4.79 Å². The summed E-state index contributed by atoms with van der Waals surface area (Å²) in [6.07, 6.45) is 3.49. The minimum atomic E-state index is -0.550. The highest BCUT2D eigenvalue weighted by Crippen LogP contribution is 2.25. The Kier molecular flexibility index (Phi) is 6.66. The standard InChI is InChI=1S/C26H20ClN3O3/c1-33-21-14-7-17(8-15-21)9-16-22-23(25(31)28-20-12-10-19(27)11-13-20)24(30-26(32)29-22)18-5-3-2-4-6-18/h2-16H,1H3,(H,28,31)(H,29,30,32)/b16-9+. The van der Waals surface area contributed by atoms with Crippen molar-refractivity contribution >= 4 is 35.3 Å². The van der Waals surface area contributed by atoms with Gasteiger partial charge in [-0.3, -0.25) is 4.79 Å². The number of aromatic nitrogens is 2. The van der Waals surface area contributed by atoms with Crippen molar-refractivity contribution in [1.82, 2.24) is 9.97 Å². The number of hydrogen-bond donors (Lipinski definition) is 2. The molecule has 6 nitrogen and oxygen atoms in total. The van der Waals surface area contributed by atoms with Crippen LogP contribution in [0.1, 0.15) is 21.6 Å². The highest BCUT2D eigenvalue weighted by molar-refractivity contribution is 6.30. The van der Waals surface area contributed by atoms with Crippen molar-refractivity contribution in [3.05, 3.63) is 111 Å². The Morgan fingerprint density at radius 2 is 1.67 bits per heavy atom. The summed E-state index contributed by atoms with van der Waals surface area (Å²) in [5.74, 6) is 0.327. The molecule has 164 valence electrons. The van der Waals surface area contributed by atoms with Crippen molar-refractivity contribution in [3.8, 4) is 17.0 Å². The lowest BCUT2D eigenvalue weighted by molar-refractivity contribution is 0.102. The number of ether oxygens (including phenoxy) is 1. The van der Waals surface area contributed by atoms with Gasteiger partial charge in [0.15, 0.2) is 0 Å². The first-order valence-corrected chi connectivity index (χ1v) is 10.5. The molecule has 0 saturated carbocycles. The molecule has 4 aromatic rings. The Morgan fingerprint density at radius 1 is 0.970 bits per heavy atom. The average molecular weight is 458 g/mol. The van der Waals surface area contributed by atoms with E-state index in [2.05, 4.69) is 15.3 Å². The Balaban J connectivity index is 1.79. The van der Waals surface area contributed by atoms with Gasteiger partial charge in [-0.05, 0) is 48.0 Å². The number of aromatic amines is 1. The van der Waals surface area contributed by atoms with E-state index in [1.807, 2.05) is 42.5 Å². The van der Waals surface area contributed by atoms with Gasteiger partial charge in [0.25, 0.3) is 5.91 Å². The number of halogens is 1. The fraction of sp³-hybridized carbons (Fsp3) is 0.0385. The van der Waals surface area contributed by atoms with E-state index in [9.17, 15) is 9.59 Å². The van der Waals surface area contributed by atoms with Gasteiger partial charge in [0.2, 0.25) is 0 Å². The molecular formula is C26H20ClN3O3. The van der Waals surface area contributed by atoms with Crippen LogP contribution in [-0.2, 0) is 0 Å². The summed E-state index contributed by atoms with van der Waals surface area (Å²) >= 11 is 5.95. The normalized spacial score (nSPS) is 10.8. The zero-order valence-corrected chi connectivity index (χ0v) is 18.5. The molecule has 33 heavy (non-hydrogen) atoms. The molecule has 0 bridgehead atoms. The molecule has 1 heterocycles. The molecule has 0 radical (unpaired) electrons. The number of hydrogen-bond acceptors (Lipinski definition) is 4. The summed E-state index contributed by atoms with van der Waals surface area (Å²) in [7, 11) is 1.60. The summed E-state index contributed by atoms with van der Waals surface area (Å²) < 4.78 is 5.19. The highest BCUT2D eigenvalue weighted by Gasteiger charge is 2.20. The molecule has 2 N–H and O–H groups in total. The van der Waals surface area contributed by atoms with Crippen LogP contribution in [0.5, 0.6) is 5.75 Å². The maximum absolute atomic E-state index is 13.4. The average Bonchev–Trinajstić information content (AvgIpc) is 2.84. The summed E-state index contributed by atoms with van der Waals surface area (Å²) in [4.78, 5) is 32.6. The summed E-state index contributed by atoms with van der Waals surface area (Å²) in [5.41, 5.74) is 2.44. The van der Waals surface area contributed by atoms with Crippen LogP contribution in [0.25, 0.3) is 23.4 Å². The van der Waals surface area contributed by atoms with Crippen molar-refractivity contribution in [2.45, 2.75) is 0 Å².